The second-order valence-electron chi connectivity index (χ2n) is 8.89. The van der Waals surface area contributed by atoms with Crippen molar-refractivity contribution in [3.63, 3.8) is 0 Å². The highest BCUT2D eigenvalue weighted by Gasteiger charge is 2.22. The Kier molecular flexibility index (Phi) is 7.45. The molecule has 2 N–H and O–H groups in total. The van der Waals surface area contributed by atoms with Crippen LogP contribution in [-0.4, -0.2) is 24.4 Å². The fourth-order valence-corrected chi connectivity index (χ4v) is 5.20. The van der Waals surface area contributed by atoms with Crippen molar-refractivity contribution in [3.8, 4) is 46.0 Å². The molecule has 0 saturated carbocycles. The van der Waals surface area contributed by atoms with Gasteiger partial charge in [-0.15, -0.1) is 0 Å². The Morgan fingerprint density at radius 3 is 1.76 bits per heavy atom. The van der Waals surface area contributed by atoms with Crippen LogP contribution in [0, 0.1) is 0 Å². The Labute approximate surface area is 230 Å². The first kappa shape index (κ1) is 25.9. The molecular weight excluding hydrogens is 527 g/mol. The van der Waals surface area contributed by atoms with Crippen LogP contribution in [0.5, 0.6) is 46.0 Å². The zero-order valence-corrected chi connectivity index (χ0v) is 22.4. The maximum Gasteiger partial charge on any atom is 0.138 e. The standard InChI is InChI=1S/C16H15ClO3.C14H11ClO3/c1-18-10-8-15(19-2)12-7-6-11-13(17)4-3-5-14(11)20-16(12)9-10;15-11-2-1-3-13-9(11)4-5-10-12(17)6-8(16)7-14(10)18-13/h3-5,8-9H,6-7H2,1-2H3;1-3,6-7,16-17H,4-5H2. The molecule has 0 fully saturated rings. The van der Waals surface area contributed by atoms with Gasteiger partial charge in [0.05, 0.1) is 14.2 Å². The molecule has 4 aromatic rings. The highest BCUT2D eigenvalue weighted by Crippen LogP contribution is 2.43. The second kappa shape index (κ2) is 10.9. The van der Waals surface area contributed by atoms with E-state index in [1.807, 2.05) is 48.5 Å². The van der Waals surface area contributed by atoms with Gasteiger partial charge in [-0.3, -0.25) is 0 Å². The summed E-state index contributed by atoms with van der Waals surface area (Å²) in [7, 11) is 3.28. The van der Waals surface area contributed by atoms with Crippen LogP contribution in [0.1, 0.15) is 22.3 Å². The lowest BCUT2D eigenvalue weighted by atomic mass is 10.0. The highest BCUT2D eigenvalue weighted by atomic mass is 35.5. The molecule has 2 heterocycles. The lowest BCUT2D eigenvalue weighted by molar-refractivity contribution is 0.383. The Balaban J connectivity index is 0.000000156. The van der Waals surface area contributed by atoms with Gasteiger partial charge in [0.2, 0.25) is 0 Å². The number of phenols is 2. The van der Waals surface area contributed by atoms with E-state index in [4.69, 9.17) is 42.1 Å². The third-order valence-corrected chi connectivity index (χ3v) is 7.32. The van der Waals surface area contributed by atoms with Gasteiger partial charge in [-0.05, 0) is 49.9 Å². The molecule has 2 aliphatic heterocycles. The van der Waals surface area contributed by atoms with Crippen LogP contribution < -0.4 is 18.9 Å². The van der Waals surface area contributed by atoms with Crippen LogP contribution in [0.4, 0.5) is 0 Å². The number of methoxy groups -OCH3 is 2. The topological polar surface area (TPSA) is 77.4 Å². The zero-order valence-electron chi connectivity index (χ0n) is 20.9. The van der Waals surface area contributed by atoms with E-state index in [9.17, 15) is 10.2 Å². The second-order valence-corrected chi connectivity index (χ2v) is 9.70. The van der Waals surface area contributed by atoms with Gasteiger partial charge in [-0.2, -0.15) is 0 Å². The SMILES string of the molecule is COc1cc(OC)c2c(c1)Oc1cccc(Cl)c1CC2.Oc1cc(O)c2c(c1)Oc1cccc(Cl)c1CC2. The Morgan fingerprint density at radius 1 is 0.632 bits per heavy atom. The summed E-state index contributed by atoms with van der Waals surface area (Å²) in [5.74, 6) is 4.24. The van der Waals surface area contributed by atoms with Crippen LogP contribution in [0.15, 0.2) is 60.7 Å². The van der Waals surface area contributed by atoms with E-state index < -0.39 is 0 Å². The highest BCUT2D eigenvalue weighted by molar-refractivity contribution is 6.31. The number of rotatable bonds is 2. The number of halogens is 2. The quantitative estimate of drug-likeness (QED) is 0.263. The van der Waals surface area contributed by atoms with Gasteiger partial charge in [-0.25, -0.2) is 0 Å². The summed E-state index contributed by atoms with van der Waals surface area (Å²) in [6, 6.07) is 17.8. The Bertz CT molecular complexity index is 1500. The molecule has 0 atom stereocenters. The molecule has 0 saturated heterocycles. The molecular formula is C30H26Cl2O6. The van der Waals surface area contributed by atoms with E-state index >= 15 is 0 Å². The molecule has 0 radical (unpaired) electrons. The van der Waals surface area contributed by atoms with E-state index in [0.29, 0.717) is 40.7 Å². The van der Waals surface area contributed by atoms with Crippen molar-refractivity contribution in [2.75, 3.05) is 14.2 Å². The monoisotopic (exact) mass is 552 g/mol. The minimum Gasteiger partial charge on any atom is -0.508 e. The number of aromatic hydroxyl groups is 2. The van der Waals surface area contributed by atoms with Crippen LogP contribution in [0.2, 0.25) is 10.0 Å². The van der Waals surface area contributed by atoms with E-state index in [1.54, 1.807) is 14.2 Å². The molecule has 0 amide bonds. The predicted molar refractivity (Wildman–Crippen MR) is 147 cm³/mol. The summed E-state index contributed by atoms with van der Waals surface area (Å²) < 4.78 is 22.5. The van der Waals surface area contributed by atoms with Crippen LogP contribution in [0.25, 0.3) is 0 Å². The molecule has 4 aromatic carbocycles. The summed E-state index contributed by atoms with van der Waals surface area (Å²) in [4.78, 5) is 0. The molecule has 0 aliphatic carbocycles. The first-order valence-electron chi connectivity index (χ1n) is 12.1. The molecule has 0 spiro atoms. The van der Waals surface area contributed by atoms with Gasteiger partial charge in [0, 0.05) is 56.6 Å². The third-order valence-electron chi connectivity index (χ3n) is 6.61. The molecule has 6 rings (SSSR count). The van der Waals surface area contributed by atoms with Crippen LogP contribution >= 0.6 is 23.2 Å². The molecule has 6 nitrogen and oxygen atoms in total. The number of hydrogen-bond donors (Lipinski definition) is 2. The number of hydrogen-bond acceptors (Lipinski definition) is 6. The van der Waals surface area contributed by atoms with Gasteiger partial charge < -0.3 is 29.2 Å². The van der Waals surface area contributed by atoms with Gasteiger partial charge in [0.25, 0.3) is 0 Å². The third kappa shape index (κ3) is 5.15. The van der Waals surface area contributed by atoms with Crippen molar-refractivity contribution in [2.24, 2.45) is 0 Å². The van der Waals surface area contributed by atoms with Crippen molar-refractivity contribution in [3.05, 3.63) is 93.0 Å². The van der Waals surface area contributed by atoms with Crippen molar-refractivity contribution in [1.82, 2.24) is 0 Å². The molecule has 38 heavy (non-hydrogen) atoms. The van der Waals surface area contributed by atoms with Gasteiger partial charge in [0.15, 0.2) is 0 Å². The summed E-state index contributed by atoms with van der Waals surface area (Å²) in [6.45, 7) is 0. The minimum absolute atomic E-state index is 0.0169. The average Bonchev–Trinajstić information content (AvgIpc) is 3.21. The smallest absolute Gasteiger partial charge is 0.138 e. The van der Waals surface area contributed by atoms with E-state index in [1.165, 1.54) is 12.1 Å². The normalized spacial score (nSPS) is 12.9. The maximum atomic E-state index is 9.84. The first-order valence-corrected chi connectivity index (χ1v) is 12.8. The fraction of sp³-hybridized carbons (Fsp3) is 0.200. The number of phenolic OH excluding ortho intramolecular Hbond substituents is 2. The molecule has 8 heteroatoms. The summed E-state index contributed by atoms with van der Waals surface area (Å²) in [5.41, 5.74) is 3.70. The van der Waals surface area contributed by atoms with E-state index in [-0.39, 0.29) is 11.5 Å². The fourth-order valence-electron chi connectivity index (χ4n) is 4.68. The largest absolute Gasteiger partial charge is 0.508 e. The summed E-state index contributed by atoms with van der Waals surface area (Å²) >= 11 is 12.4. The predicted octanol–water partition coefficient (Wildman–Crippen LogP) is 7.89. The van der Waals surface area contributed by atoms with E-state index in [0.717, 1.165) is 51.8 Å². The minimum atomic E-state index is -0.0169. The van der Waals surface area contributed by atoms with E-state index in [2.05, 4.69) is 0 Å². The van der Waals surface area contributed by atoms with Gasteiger partial charge in [-0.1, -0.05) is 35.3 Å². The van der Waals surface area contributed by atoms with Crippen molar-refractivity contribution in [2.45, 2.75) is 25.7 Å². The Hall–Kier alpha value is -3.74. The first-order chi connectivity index (χ1) is 18.4. The zero-order chi connectivity index (χ0) is 26.8. The molecule has 0 aromatic heterocycles. The number of ether oxygens (including phenoxy) is 4. The van der Waals surface area contributed by atoms with Gasteiger partial charge in [0.1, 0.15) is 46.0 Å². The maximum absolute atomic E-state index is 9.84. The molecule has 0 unspecified atom stereocenters. The molecule has 196 valence electrons. The van der Waals surface area contributed by atoms with Crippen molar-refractivity contribution < 1.29 is 29.2 Å². The number of fused-ring (bicyclic) bond motifs is 4. The van der Waals surface area contributed by atoms with Crippen LogP contribution in [0.3, 0.4) is 0 Å². The lowest BCUT2D eigenvalue weighted by Gasteiger charge is -2.13. The van der Waals surface area contributed by atoms with Gasteiger partial charge >= 0.3 is 0 Å². The number of benzene rings is 4. The van der Waals surface area contributed by atoms with Crippen molar-refractivity contribution >= 4 is 23.2 Å². The summed E-state index contributed by atoms with van der Waals surface area (Å²) in [6.07, 6.45) is 2.96. The Morgan fingerprint density at radius 2 is 1.18 bits per heavy atom. The van der Waals surface area contributed by atoms with Crippen molar-refractivity contribution in [1.29, 1.82) is 0 Å². The molecule has 0 bridgehead atoms. The summed E-state index contributed by atoms with van der Waals surface area (Å²) in [5, 5.41) is 20.7. The molecule has 2 aliphatic rings. The van der Waals surface area contributed by atoms with Crippen LogP contribution in [-0.2, 0) is 25.7 Å². The lowest BCUT2D eigenvalue weighted by Crippen LogP contribution is -1.96. The average molecular weight is 553 g/mol.